The Balaban J connectivity index is 0.000000202. The Bertz CT molecular complexity index is 1490. The zero-order valence-electron chi connectivity index (χ0n) is 24.0. The van der Waals surface area contributed by atoms with Gasteiger partial charge in [-0.05, 0) is 23.1 Å². The number of aryl methyl sites for hydroxylation is 1. The molecule has 2 nitrogen and oxygen atoms in total. The zero-order chi connectivity index (χ0) is 28.3. The molecule has 0 spiro atoms. The minimum atomic E-state index is -0.770. The van der Waals surface area contributed by atoms with Crippen molar-refractivity contribution in [2.24, 2.45) is 0 Å². The second-order valence-corrected chi connectivity index (χ2v) is 12.6. The minimum absolute atomic E-state index is 0.202. The Morgan fingerprint density at radius 3 is 1.51 bits per heavy atom. The summed E-state index contributed by atoms with van der Waals surface area (Å²) in [5.41, 5.74) is 6.78. The summed E-state index contributed by atoms with van der Waals surface area (Å²) in [5.74, 6) is 0. The number of benzene rings is 5. The van der Waals surface area contributed by atoms with Crippen molar-refractivity contribution < 1.29 is 0 Å². The summed E-state index contributed by atoms with van der Waals surface area (Å²) in [7, 11) is -0.770. The van der Waals surface area contributed by atoms with Gasteiger partial charge in [0.2, 0.25) is 6.71 Å². The van der Waals surface area contributed by atoms with E-state index in [9.17, 15) is 0 Å². The highest BCUT2D eigenvalue weighted by Gasteiger charge is 2.36. The van der Waals surface area contributed by atoms with Crippen molar-refractivity contribution >= 4 is 32.3 Å². The van der Waals surface area contributed by atoms with E-state index in [0.29, 0.717) is 6.71 Å². The van der Waals surface area contributed by atoms with Crippen LogP contribution < -0.4 is 16.1 Å². The molecule has 1 heterocycles. The van der Waals surface area contributed by atoms with Crippen molar-refractivity contribution in [3.63, 3.8) is 0 Å². The van der Waals surface area contributed by atoms with Crippen molar-refractivity contribution in [2.75, 3.05) is 0 Å². The molecule has 0 aliphatic rings. The van der Waals surface area contributed by atoms with Crippen molar-refractivity contribution in [2.45, 2.75) is 25.3 Å². The number of imidazole rings is 1. The van der Waals surface area contributed by atoms with Gasteiger partial charge in [-0.3, -0.25) is 0 Å². The first-order valence-electron chi connectivity index (χ1n) is 14.5. The molecular formula is C37H37BN2Si. The summed E-state index contributed by atoms with van der Waals surface area (Å²) in [6.07, 6.45) is 7.03. The van der Waals surface area contributed by atoms with Gasteiger partial charge in [0.05, 0.1) is 21.0 Å². The number of hydrogen-bond acceptors (Lipinski definition) is 1. The summed E-state index contributed by atoms with van der Waals surface area (Å²) in [6, 6.07) is 52.1. The summed E-state index contributed by atoms with van der Waals surface area (Å²) in [5, 5.41) is 1.25. The second-order valence-electron chi connectivity index (χ2n) is 10.5. The predicted octanol–water partition coefficient (Wildman–Crippen LogP) is 5.61. The maximum absolute atomic E-state index is 4.39. The zero-order valence-corrected chi connectivity index (χ0v) is 25.4. The molecule has 5 aromatic carbocycles. The average molecular weight is 549 g/mol. The van der Waals surface area contributed by atoms with E-state index >= 15 is 0 Å². The van der Waals surface area contributed by atoms with E-state index in [2.05, 4.69) is 175 Å². The number of rotatable bonds is 8. The number of nitrogens with zero attached hydrogens (tertiary/aromatic N) is 2. The molecule has 1 aromatic heterocycles. The maximum Gasteiger partial charge on any atom is 0.206 e. The molecule has 0 N–H and O–H groups in total. The van der Waals surface area contributed by atoms with E-state index in [-0.39, 0.29) is 5.16 Å². The van der Waals surface area contributed by atoms with Gasteiger partial charge in [-0.25, -0.2) is 4.98 Å². The Morgan fingerprint density at radius 1 is 0.634 bits per heavy atom. The van der Waals surface area contributed by atoms with E-state index in [1.165, 1.54) is 32.8 Å². The van der Waals surface area contributed by atoms with Crippen LogP contribution in [-0.4, -0.2) is 25.8 Å². The van der Waals surface area contributed by atoms with Crippen LogP contribution in [0.3, 0.4) is 0 Å². The topological polar surface area (TPSA) is 17.8 Å². The van der Waals surface area contributed by atoms with Gasteiger partial charge in [0.15, 0.2) is 0 Å². The summed E-state index contributed by atoms with van der Waals surface area (Å²) < 4.78 is 2.30. The third kappa shape index (κ3) is 6.67. The molecule has 6 rings (SSSR count). The lowest BCUT2D eigenvalue weighted by atomic mass is 9.43. The molecule has 0 saturated heterocycles. The lowest BCUT2D eigenvalue weighted by Gasteiger charge is -2.37. The van der Waals surface area contributed by atoms with Crippen LogP contribution >= 0.6 is 0 Å². The fourth-order valence-electron chi connectivity index (χ4n) is 5.54. The van der Waals surface area contributed by atoms with Crippen LogP contribution in [-0.2, 0) is 11.6 Å². The molecule has 6 aromatic rings. The van der Waals surface area contributed by atoms with E-state index in [1.807, 2.05) is 12.5 Å². The molecule has 0 fully saturated rings. The van der Waals surface area contributed by atoms with Gasteiger partial charge in [-0.15, -0.1) is 0 Å². The number of aromatic nitrogens is 2. The third-order valence-electron chi connectivity index (χ3n) is 7.94. The van der Waals surface area contributed by atoms with Gasteiger partial charge in [0.1, 0.15) is 0 Å². The van der Waals surface area contributed by atoms with Crippen LogP contribution in [0.2, 0.25) is 6.82 Å². The third-order valence-corrected chi connectivity index (χ3v) is 10.5. The molecule has 0 aliphatic carbocycles. The first-order chi connectivity index (χ1) is 20.2. The van der Waals surface area contributed by atoms with Gasteiger partial charge in [0.25, 0.3) is 0 Å². The summed E-state index contributed by atoms with van der Waals surface area (Å²) in [4.78, 5) is 4.39. The highest BCUT2D eigenvalue weighted by molar-refractivity contribution is 6.84. The molecular weight excluding hydrogens is 511 g/mol. The lowest BCUT2D eigenvalue weighted by Crippen LogP contribution is -2.46. The van der Waals surface area contributed by atoms with E-state index in [0.717, 1.165) is 6.42 Å². The summed E-state index contributed by atoms with van der Waals surface area (Å²) >= 11 is 0. The van der Waals surface area contributed by atoms with Crippen LogP contribution in [0.4, 0.5) is 0 Å². The molecule has 0 saturated carbocycles. The molecule has 0 radical (unpaired) electrons. The first-order valence-corrected chi connectivity index (χ1v) is 15.9. The van der Waals surface area contributed by atoms with Crippen LogP contribution in [0.15, 0.2) is 164 Å². The van der Waals surface area contributed by atoms with Gasteiger partial charge >= 0.3 is 0 Å². The fraction of sp³-hybridized carbons (Fsp3) is 0.108. The van der Waals surface area contributed by atoms with E-state index in [1.54, 1.807) is 0 Å². The smallest absolute Gasteiger partial charge is 0.206 e. The second kappa shape index (κ2) is 13.8. The SMILES string of the molecule is CB(c1ccccc1)c1ccccc1.CCc1ccc([SiH2]C(c2ccccc2)(c2ccccc2)n2ccnc2)cc1. The lowest BCUT2D eigenvalue weighted by molar-refractivity contribution is 0.596. The van der Waals surface area contributed by atoms with Crippen molar-refractivity contribution in [3.8, 4) is 0 Å². The van der Waals surface area contributed by atoms with Crippen LogP contribution in [0.1, 0.15) is 23.6 Å². The van der Waals surface area contributed by atoms with Gasteiger partial charge in [-0.2, -0.15) is 0 Å². The highest BCUT2D eigenvalue weighted by Crippen LogP contribution is 2.33. The van der Waals surface area contributed by atoms with Crippen molar-refractivity contribution in [1.82, 2.24) is 9.55 Å². The standard InChI is InChI=1S/C24H24N2Si.C13H13B/c1-2-20-13-15-23(16-14-20)27-24(26-18-17-25-19-26,21-9-5-3-6-10-21)22-11-7-4-8-12-22;1-14(12-8-4-2-5-9-12)13-10-6-3-7-11-13/h3-19H,2,27H2,1H3;2-11H,1H3. The van der Waals surface area contributed by atoms with Gasteiger partial charge in [-0.1, -0.05) is 175 Å². The molecule has 4 heteroatoms. The van der Waals surface area contributed by atoms with Crippen LogP contribution in [0.5, 0.6) is 0 Å². The normalized spacial score (nSPS) is 11.2. The molecule has 0 unspecified atom stereocenters. The Kier molecular flexibility index (Phi) is 9.46. The Hall–Kier alpha value is -4.41. The Morgan fingerprint density at radius 2 is 1.10 bits per heavy atom. The molecule has 0 aliphatic heterocycles. The molecule has 202 valence electrons. The van der Waals surface area contributed by atoms with Crippen molar-refractivity contribution in [3.05, 3.63) is 181 Å². The van der Waals surface area contributed by atoms with E-state index in [4.69, 9.17) is 0 Å². The molecule has 0 atom stereocenters. The van der Waals surface area contributed by atoms with Crippen molar-refractivity contribution in [1.29, 1.82) is 0 Å². The van der Waals surface area contributed by atoms with E-state index < -0.39 is 9.52 Å². The van der Waals surface area contributed by atoms with Crippen LogP contribution in [0, 0.1) is 0 Å². The molecule has 0 amide bonds. The van der Waals surface area contributed by atoms with Gasteiger partial charge < -0.3 is 4.57 Å². The minimum Gasteiger partial charge on any atom is -0.326 e. The van der Waals surface area contributed by atoms with Crippen LogP contribution in [0.25, 0.3) is 0 Å². The summed E-state index contributed by atoms with van der Waals surface area (Å²) in [6.45, 7) is 4.93. The van der Waals surface area contributed by atoms with Gasteiger partial charge in [0, 0.05) is 12.4 Å². The Labute approximate surface area is 247 Å². The molecule has 41 heavy (non-hydrogen) atoms. The number of hydrogen-bond donors (Lipinski definition) is 0. The first kappa shape index (κ1) is 28.1. The quantitative estimate of drug-likeness (QED) is 0.226. The largest absolute Gasteiger partial charge is 0.326 e. The highest BCUT2D eigenvalue weighted by atomic mass is 28.2. The average Bonchev–Trinajstić information content (AvgIpc) is 3.61. The fourth-order valence-corrected chi connectivity index (χ4v) is 7.85. The maximum atomic E-state index is 4.39. The monoisotopic (exact) mass is 548 g/mol. The molecule has 0 bridgehead atoms. The predicted molar refractivity (Wildman–Crippen MR) is 179 cm³/mol.